The number of hydrogen-bond donors (Lipinski definition) is 1. The molecule has 0 atom stereocenters. The van der Waals surface area contributed by atoms with Crippen molar-refractivity contribution in [2.45, 2.75) is 51.9 Å². The molecule has 3 heteroatoms. The molecule has 1 aromatic carbocycles. The molecule has 24 heavy (non-hydrogen) atoms. The van der Waals surface area contributed by atoms with Crippen molar-refractivity contribution in [1.82, 2.24) is 9.38 Å². The molecule has 1 N–H and O–H groups in total. The van der Waals surface area contributed by atoms with Crippen LogP contribution in [0.1, 0.15) is 54.8 Å². The van der Waals surface area contributed by atoms with Crippen LogP contribution in [0, 0.1) is 13.8 Å². The molecule has 0 unspecified atom stereocenters. The molecule has 0 spiro atoms. The summed E-state index contributed by atoms with van der Waals surface area (Å²) in [6.07, 6.45) is 8.63. The summed E-state index contributed by atoms with van der Waals surface area (Å²) in [5.74, 6) is 1.72. The molecular weight excluding hydrogens is 294 g/mol. The third-order valence-electron chi connectivity index (χ3n) is 5.27. The summed E-state index contributed by atoms with van der Waals surface area (Å²) in [6, 6.07) is 12.7. The molecule has 3 nitrogen and oxygen atoms in total. The lowest BCUT2D eigenvalue weighted by molar-refractivity contribution is 0.439. The second kappa shape index (κ2) is 6.31. The van der Waals surface area contributed by atoms with Gasteiger partial charge in [-0.2, -0.15) is 0 Å². The molecule has 2 heterocycles. The van der Waals surface area contributed by atoms with Crippen LogP contribution in [0.15, 0.2) is 42.6 Å². The highest BCUT2D eigenvalue weighted by Crippen LogP contribution is 2.38. The van der Waals surface area contributed by atoms with E-state index in [1.807, 2.05) is 0 Å². The van der Waals surface area contributed by atoms with Crippen molar-refractivity contribution in [2.75, 3.05) is 5.32 Å². The first kappa shape index (κ1) is 15.3. The normalized spacial score (nSPS) is 15.8. The molecular formula is C21H25N3. The fourth-order valence-electron chi connectivity index (χ4n) is 3.93. The zero-order chi connectivity index (χ0) is 16.5. The minimum absolute atomic E-state index is 0.575. The minimum Gasteiger partial charge on any atom is -0.339 e. The first-order valence-electron chi connectivity index (χ1n) is 9.04. The molecule has 1 saturated carbocycles. The van der Waals surface area contributed by atoms with E-state index in [1.54, 1.807) is 0 Å². The fourth-order valence-corrected chi connectivity index (χ4v) is 3.93. The monoisotopic (exact) mass is 319 g/mol. The average Bonchev–Trinajstić information content (AvgIpc) is 2.98. The summed E-state index contributed by atoms with van der Waals surface area (Å²) >= 11 is 0. The maximum atomic E-state index is 4.99. The zero-order valence-corrected chi connectivity index (χ0v) is 14.5. The molecule has 0 radical (unpaired) electrons. The third-order valence-corrected chi connectivity index (χ3v) is 5.27. The number of pyridine rings is 1. The molecule has 124 valence electrons. The number of rotatable bonds is 3. The van der Waals surface area contributed by atoms with Crippen LogP contribution in [0.2, 0.25) is 0 Å². The van der Waals surface area contributed by atoms with E-state index in [0.717, 1.165) is 11.5 Å². The topological polar surface area (TPSA) is 29.3 Å². The number of nitrogens with one attached hydrogen (secondary N) is 1. The Bertz CT molecular complexity index is 836. The van der Waals surface area contributed by atoms with Crippen molar-refractivity contribution >= 4 is 17.2 Å². The SMILES string of the molecule is Cc1cccc(C)c1Nc1c(C2CCCCC2)nc2ccccn12. The Balaban J connectivity index is 1.83. The highest BCUT2D eigenvalue weighted by atomic mass is 15.1. The van der Waals surface area contributed by atoms with Crippen LogP contribution >= 0.6 is 0 Å². The number of hydrogen-bond acceptors (Lipinski definition) is 2. The van der Waals surface area contributed by atoms with Crippen molar-refractivity contribution in [3.05, 3.63) is 59.4 Å². The maximum Gasteiger partial charge on any atom is 0.138 e. The van der Waals surface area contributed by atoms with Crippen LogP contribution in [-0.2, 0) is 0 Å². The van der Waals surface area contributed by atoms with Crippen LogP contribution in [0.5, 0.6) is 0 Å². The number of benzene rings is 1. The largest absolute Gasteiger partial charge is 0.339 e. The average molecular weight is 319 g/mol. The van der Waals surface area contributed by atoms with Crippen molar-refractivity contribution in [3.63, 3.8) is 0 Å². The van der Waals surface area contributed by atoms with Crippen LogP contribution < -0.4 is 5.32 Å². The molecule has 0 saturated heterocycles. The first-order chi connectivity index (χ1) is 11.7. The quantitative estimate of drug-likeness (QED) is 0.666. The highest BCUT2D eigenvalue weighted by molar-refractivity contribution is 5.69. The van der Waals surface area contributed by atoms with E-state index >= 15 is 0 Å². The van der Waals surface area contributed by atoms with Crippen molar-refractivity contribution in [2.24, 2.45) is 0 Å². The summed E-state index contributed by atoms with van der Waals surface area (Å²) in [6.45, 7) is 4.33. The van der Waals surface area contributed by atoms with Gasteiger partial charge in [-0.05, 0) is 49.9 Å². The Labute approximate surface area is 143 Å². The molecule has 4 rings (SSSR count). The summed E-state index contributed by atoms with van der Waals surface area (Å²) in [5.41, 5.74) is 6.03. The number of nitrogens with zero attached hydrogens (tertiary/aromatic N) is 2. The number of imidazole rings is 1. The maximum absolute atomic E-state index is 4.99. The van der Waals surface area contributed by atoms with Crippen LogP contribution in [0.3, 0.4) is 0 Å². The van der Waals surface area contributed by atoms with Gasteiger partial charge in [0.25, 0.3) is 0 Å². The molecule has 1 aliphatic rings. The Kier molecular flexibility index (Phi) is 4.01. The Morgan fingerprint density at radius 3 is 2.46 bits per heavy atom. The molecule has 1 fully saturated rings. The van der Waals surface area contributed by atoms with Crippen LogP contribution in [-0.4, -0.2) is 9.38 Å². The third kappa shape index (κ3) is 2.68. The smallest absolute Gasteiger partial charge is 0.138 e. The summed E-state index contributed by atoms with van der Waals surface area (Å²) in [4.78, 5) is 4.99. The van der Waals surface area contributed by atoms with Crippen LogP contribution in [0.4, 0.5) is 11.5 Å². The van der Waals surface area contributed by atoms with E-state index in [-0.39, 0.29) is 0 Å². The number of aryl methyl sites for hydroxylation is 2. The van der Waals surface area contributed by atoms with Gasteiger partial charge in [0, 0.05) is 17.8 Å². The molecule has 0 amide bonds. The fraction of sp³-hybridized carbons (Fsp3) is 0.381. The van der Waals surface area contributed by atoms with Gasteiger partial charge in [0.05, 0.1) is 5.69 Å². The number of para-hydroxylation sites is 1. The molecule has 3 aromatic rings. The van der Waals surface area contributed by atoms with Crippen molar-refractivity contribution in [1.29, 1.82) is 0 Å². The van der Waals surface area contributed by atoms with Gasteiger partial charge in [-0.15, -0.1) is 0 Å². The second-order valence-corrected chi connectivity index (χ2v) is 7.00. The van der Waals surface area contributed by atoms with Crippen LogP contribution in [0.25, 0.3) is 5.65 Å². The lowest BCUT2D eigenvalue weighted by atomic mass is 9.87. The minimum atomic E-state index is 0.575. The van der Waals surface area contributed by atoms with E-state index in [9.17, 15) is 0 Å². The van der Waals surface area contributed by atoms with Gasteiger partial charge in [0.2, 0.25) is 0 Å². The highest BCUT2D eigenvalue weighted by Gasteiger charge is 2.23. The van der Waals surface area contributed by atoms with E-state index in [1.165, 1.54) is 54.6 Å². The summed E-state index contributed by atoms with van der Waals surface area (Å²) in [7, 11) is 0. The Morgan fingerprint density at radius 1 is 0.958 bits per heavy atom. The van der Waals surface area contributed by atoms with E-state index in [4.69, 9.17) is 4.98 Å². The van der Waals surface area contributed by atoms with Gasteiger partial charge in [-0.25, -0.2) is 4.98 Å². The first-order valence-corrected chi connectivity index (χ1v) is 9.04. The van der Waals surface area contributed by atoms with Gasteiger partial charge < -0.3 is 5.32 Å². The van der Waals surface area contributed by atoms with E-state index in [0.29, 0.717) is 5.92 Å². The zero-order valence-electron chi connectivity index (χ0n) is 14.5. The number of aromatic nitrogens is 2. The van der Waals surface area contributed by atoms with Gasteiger partial charge in [0.1, 0.15) is 11.5 Å². The van der Waals surface area contributed by atoms with E-state index < -0.39 is 0 Å². The lowest BCUT2D eigenvalue weighted by Gasteiger charge is -2.22. The van der Waals surface area contributed by atoms with Gasteiger partial charge in [-0.3, -0.25) is 4.40 Å². The standard InChI is InChI=1S/C21H25N3/c1-15-9-8-10-16(2)19(15)23-21-20(17-11-4-3-5-12-17)22-18-13-6-7-14-24(18)21/h6-10,13-14,17,23H,3-5,11-12H2,1-2H3. The predicted molar refractivity (Wildman–Crippen MR) is 100 cm³/mol. The van der Waals surface area contributed by atoms with E-state index in [2.05, 4.69) is 66.2 Å². The molecule has 0 bridgehead atoms. The Morgan fingerprint density at radius 2 is 1.71 bits per heavy atom. The molecule has 1 aliphatic carbocycles. The predicted octanol–water partition coefficient (Wildman–Crippen LogP) is 5.74. The Hall–Kier alpha value is -2.29. The van der Waals surface area contributed by atoms with Gasteiger partial charge in [0.15, 0.2) is 0 Å². The summed E-state index contributed by atoms with van der Waals surface area (Å²) < 4.78 is 2.20. The number of fused-ring (bicyclic) bond motifs is 1. The van der Waals surface area contributed by atoms with Gasteiger partial charge >= 0.3 is 0 Å². The van der Waals surface area contributed by atoms with Crippen molar-refractivity contribution in [3.8, 4) is 0 Å². The lowest BCUT2D eigenvalue weighted by Crippen LogP contribution is -2.08. The second-order valence-electron chi connectivity index (χ2n) is 7.00. The van der Waals surface area contributed by atoms with Gasteiger partial charge in [-0.1, -0.05) is 43.5 Å². The molecule has 2 aromatic heterocycles. The summed E-state index contributed by atoms with van der Waals surface area (Å²) in [5, 5.41) is 3.73. The molecule has 0 aliphatic heterocycles. The van der Waals surface area contributed by atoms with Crippen molar-refractivity contribution < 1.29 is 0 Å². The number of anilines is 2.